The Bertz CT molecular complexity index is 389. The SMILES string of the molecule is CS/C(N)=N/C(N)=Nc1ccc(Cl)cc1.[Cl-]. The molecule has 0 saturated heterocycles. The maximum absolute atomic E-state index is 5.72. The number of aliphatic imine (C=N–C) groups is 2. The molecule has 0 bridgehead atoms. The highest BCUT2D eigenvalue weighted by Crippen LogP contribution is 2.16. The monoisotopic (exact) mass is 277 g/mol. The van der Waals surface area contributed by atoms with Gasteiger partial charge >= 0.3 is 0 Å². The Morgan fingerprint density at radius 1 is 1.25 bits per heavy atom. The molecule has 1 rings (SSSR count). The van der Waals surface area contributed by atoms with Gasteiger partial charge in [-0.1, -0.05) is 23.4 Å². The first-order valence-corrected chi connectivity index (χ1v) is 5.70. The summed E-state index contributed by atoms with van der Waals surface area (Å²) < 4.78 is 0. The van der Waals surface area contributed by atoms with Crippen LogP contribution in [-0.2, 0) is 0 Å². The Labute approximate surface area is 110 Å². The van der Waals surface area contributed by atoms with Gasteiger partial charge in [0.15, 0.2) is 5.17 Å². The van der Waals surface area contributed by atoms with Crippen LogP contribution in [0.25, 0.3) is 0 Å². The minimum Gasteiger partial charge on any atom is -1.00 e. The maximum atomic E-state index is 5.72. The van der Waals surface area contributed by atoms with E-state index >= 15 is 0 Å². The summed E-state index contributed by atoms with van der Waals surface area (Å²) in [5, 5.41) is 1.03. The van der Waals surface area contributed by atoms with Crippen LogP contribution in [0.5, 0.6) is 0 Å². The second-order valence-electron chi connectivity index (χ2n) is 2.60. The van der Waals surface area contributed by atoms with Gasteiger partial charge in [-0.15, -0.1) is 0 Å². The largest absolute Gasteiger partial charge is 1.00 e. The van der Waals surface area contributed by atoms with Gasteiger partial charge in [-0.25, -0.2) is 4.99 Å². The van der Waals surface area contributed by atoms with Crippen molar-refractivity contribution < 1.29 is 12.4 Å². The fourth-order valence-electron chi connectivity index (χ4n) is 0.831. The third-order valence-electron chi connectivity index (χ3n) is 1.50. The number of amidine groups is 1. The van der Waals surface area contributed by atoms with E-state index in [-0.39, 0.29) is 18.4 Å². The second kappa shape index (κ2) is 7.38. The van der Waals surface area contributed by atoms with Crippen molar-refractivity contribution >= 4 is 40.2 Å². The van der Waals surface area contributed by atoms with Crippen LogP contribution in [-0.4, -0.2) is 17.4 Å². The van der Waals surface area contributed by atoms with Crippen LogP contribution in [0.1, 0.15) is 0 Å². The van der Waals surface area contributed by atoms with E-state index in [0.29, 0.717) is 15.9 Å². The summed E-state index contributed by atoms with van der Waals surface area (Å²) in [6.45, 7) is 0. The molecule has 0 aromatic heterocycles. The molecule has 88 valence electrons. The molecule has 1 aromatic carbocycles. The van der Waals surface area contributed by atoms with Crippen molar-refractivity contribution in [2.75, 3.05) is 6.26 Å². The lowest BCUT2D eigenvalue weighted by atomic mass is 10.3. The molecule has 0 aliphatic rings. The average Bonchev–Trinajstić information content (AvgIpc) is 2.21. The molecular formula is C9H11Cl2N4S-. The van der Waals surface area contributed by atoms with Crippen LogP contribution >= 0.6 is 23.4 Å². The summed E-state index contributed by atoms with van der Waals surface area (Å²) in [6.07, 6.45) is 1.81. The lowest BCUT2D eigenvalue weighted by molar-refractivity contribution is -0.00000333. The van der Waals surface area contributed by atoms with Gasteiger partial charge in [-0.3, -0.25) is 0 Å². The van der Waals surface area contributed by atoms with Crippen molar-refractivity contribution in [3.63, 3.8) is 0 Å². The molecule has 0 aliphatic heterocycles. The van der Waals surface area contributed by atoms with Gasteiger partial charge in [0, 0.05) is 5.02 Å². The summed E-state index contributed by atoms with van der Waals surface area (Å²) in [5.41, 5.74) is 11.7. The van der Waals surface area contributed by atoms with E-state index in [0.717, 1.165) is 0 Å². The van der Waals surface area contributed by atoms with Crippen molar-refractivity contribution in [2.24, 2.45) is 21.5 Å². The number of thioether (sulfide) groups is 1. The van der Waals surface area contributed by atoms with Gasteiger partial charge < -0.3 is 23.9 Å². The van der Waals surface area contributed by atoms with Crippen molar-refractivity contribution in [2.45, 2.75) is 0 Å². The third-order valence-corrected chi connectivity index (χ3v) is 2.27. The number of hydrogen-bond acceptors (Lipinski definition) is 2. The zero-order valence-electron chi connectivity index (χ0n) is 8.52. The highest BCUT2D eigenvalue weighted by atomic mass is 35.5. The van der Waals surface area contributed by atoms with E-state index in [1.54, 1.807) is 24.3 Å². The van der Waals surface area contributed by atoms with Crippen molar-refractivity contribution in [3.8, 4) is 0 Å². The first-order chi connectivity index (χ1) is 7.11. The van der Waals surface area contributed by atoms with Crippen molar-refractivity contribution in [1.29, 1.82) is 0 Å². The Kier molecular flexibility index (Phi) is 6.96. The molecule has 0 spiro atoms. The summed E-state index contributed by atoms with van der Waals surface area (Å²) in [4.78, 5) is 7.91. The van der Waals surface area contributed by atoms with Crippen LogP contribution < -0.4 is 23.9 Å². The molecule has 0 unspecified atom stereocenters. The standard InChI is InChI=1S/C9H11ClN4S.ClH/c1-15-9(12)14-8(11)13-7-4-2-6(10)3-5-7;/h2-5H,1H3,(H4,11,12,13,14);1H/p-1. The number of benzene rings is 1. The number of nitrogens with zero attached hydrogens (tertiary/aromatic N) is 2. The molecule has 4 nitrogen and oxygen atoms in total. The molecule has 1 aromatic rings. The summed E-state index contributed by atoms with van der Waals surface area (Å²) in [7, 11) is 0. The number of rotatable bonds is 1. The predicted octanol–water partition coefficient (Wildman–Crippen LogP) is -1.03. The smallest absolute Gasteiger partial charge is 0.222 e. The maximum Gasteiger partial charge on any atom is 0.222 e. The average molecular weight is 278 g/mol. The van der Waals surface area contributed by atoms with E-state index in [4.69, 9.17) is 23.1 Å². The molecule has 0 aliphatic carbocycles. The molecule has 0 radical (unpaired) electrons. The van der Waals surface area contributed by atoms with Gasteiger partial charge in [-0.2, -0.15) is 4.99 Å². The van der Waals surface area contributed by atoms with E-state index < -0.39 is 0 Å². The Hall–Kier alpha value is -0.910. The molecular weight excluding hydrogens is 267 g/mol. The van der Waals surface area contributed by atoms with Gasteiger partial charge in [0.25, 0.3) is 0 Å². The normalized spacial score (nSPS) is 12.1. The third kappa shape index (κ3) is 5.25. The Morgan fingerprint density at radius 3 is 2.31 bits per heavy atom. The summed E-state index contributed by atoms with van der Waals surface area (Å²) in [6, 6.07) is 6.96. The topological polar surface area (TPSA) is 76.8 Å². The fourth-order valence-corrected chi connectivity index (χ4v) is 1.14. The van der Waals surface area contributed by atoms with Gasteiger partial charge in [0.1, 0.15) is 0 Å². The summed E-state index contributed by atoms with van der Waals surface area (Å²) in [5.74, 6) is 0.129. The van der Waals surface area contributed by atoms with Crippen LogP contribution in [0.4, 0.5) is 5.69 Å². The molecule has 16 heavy (non-hydrogen) atoms. The number of nitrogens with two attached hydrogens (primary N) is 2. The van der Waals surface area contributed by atoms with Gasteiger partial charge in [0.05, 0.1) is 5.69 Å². The molecule has 0 saturated carbocycles. The summed E-state index contributed by atoms with van der Waals surface area (Å²) >= 11 is 7.04. The Balaban J connectivity index is 0.00000225. The second-order valence-corrected chi connectivity index (χ2v) is 3.86. The highest BCUT2D eigenvalue weighted by Gasteiger charge is 1.94. The lowest BCUT2D eigenvalue weighted by Crippen LogP contribution is -3.00. The van der Waals surface area contributed by atoms with Crippen LogP contribution in [0.15, 0.2) is 34.3 Å². The van der Waals surface area contributed by atoms with Gasteiger partial charge in [0.2, 0.25) is 5.96 Å². The van der Waals surface area contributed by atoms with Crippen molar-refractivity contribution in [3.05, 3.63) is 29.3 Å². The van der Waals surface area contributed by atoms with E-state index in [1.807, 2.05) is 6.26 Å². The number of halogens is 2. The molecule has 0 atom stereocenters. The van der Waals surface area contributed by atoms with E-state index in [2.05, 4.69) is 9.98 Å². The number of guanidine groups is 1. The zero-order valence-corrected chi connectivity index (χ0v) is 10.9. The first-order valence-electron chi connectivity index (χ1n) is 4.09. The fraction of sp³-hybridized carbons (Fsp3) is 0.111. The molecule has 7 heteroatoms. The number of hydrogen-bond donors (Lipinski definition) is 2. The molecule has 0 fully saturated rings. The Morgan fingerprint density at radius 2 is 1.81 bits per heavy atom. The molecule has 0 amide bonds. The molecule has 4 N–H and O–H groups in total. The van der Waals surface area contributed by atoms with E-state index in [9.17, 15) is 0 Å². The van der Waals surface area contributed by atoms with Crippen LogP contribution in [0.2, 0.25) is 5.02 Å². The van der Waals surface area contributed by atoms with E-state index in [1.165, 1.54) is 11.8 Å². The lowest BCUT2D eigenvalue weighted by Gasteiger charge is -1.97. The highest BCUT2D eigenvalue weighted by molar-refractivity contribution is 8.13. The first kappa shape index (κ1) is 15.1. The van der Waals surface area contributed by atoms with Crippen LogP contribution in [0, 0.1) is 0 Å². The van der Waals surface area contributed by atoms with Gasteiger partial charge in [-0.05, 0) is 30.5 Å². The predicted molar refractivity (Wildman–Crippen MR) is 67.9 cm³/mol. The van der Waals surface area contributed by atoms with Crippen LogP contribution in [0.3, 0.4) is 0 Å². The zero-order chi connectivity index (χ0) is 11.3. The minimum atomic E-state index is 0. The van der Waals surface area contributed by atoms with Crippen molar-refractivity contribution in [1.82, 2.24) is 0 Å². The quantitative estimate of drug-likeness (QED) is 0.509. The molecule has 0 heterocycles. The minimum absolute atomic E-state index is 0.